The van der Waals surface area contributed by atoms with E-state index in [-0.39, 0.29) is 24.8 Å². The normalized spacial score (nSPS) is 15.1. The van der Waals surface area contributed by atoms with Crippen LogP contribution in [0.15, 0.2) is 48.5 Å². The zero-order valence-corrected chi connectivity index (χ0v) is 14.8. The van der Waals surface area contributed by atoms with E-state index in [1.165, 1.54) is 17.4 Å². The molecule has 2 aromatic rings. The van der Waals surface area contributed by atoms with Crippen molar-refractivity contribution in [2.75, 3.05) is 25.2 Å². The lowest BCUT2D eigenvalue weighted by atomic mass is 9.98. The summed E-state index contributed by atoms with van der Waals surface area (Å²) in [6.45, 7) is 0.256. The van der Waals surface area contributed by atoms with Crippen molar-refractivity contribution in [3.63, 3.8) is 0 Å². The van der Waals surface area contributed by atoms with Crippen LogP contribution in [0.2, 0.25) is 0 Å². The van der Waals surface area contributed by atoms with Gasteiger partial charge in [0.25, 0.3) is 0 Å². The summed E-state index contributed by atoms with van der Waals surface area (Å²) in [7, 11) is -1.11. The van der Waals surface area contributed by atoms with Crippen LogP contribution in [-0.2, 0) is 15.5 Å². The number of hydrogen-bond donors (Lipinski definition) is 2. The molecule has 0 saturated heterocycles. The highest BCUT2D eigenvalue weighted by Gasteiger charge is 2.28. The molecular formula is C19H21NO4S. The molecule has 1 aliphatic rings. The van der Waals surface area contributed by atoms with Crippen molar-refractivity contribution in [3.8, 4) is 11.1 Å². The first-order chi connectivity index (χ1) is 12.1. The van der Waals surface area contributed by atoms with E-state index in [0.29, 0.717) is 0 Å². The molecule has 6 heteroatoms. The fraction of sp³-hybridized carbons (Fsp3) is 0.316. The molecule has 0 aliphatic heterocycles. The van der Waals surface area contributed by atoms with Crippen LogP contribution in [-0.4, -0.2) is 46.7 Å². The second kappa shape index (κ2) is 7.80. The van der Waals surface area contributed by atoms with Crippen LogP contribution >= 0.6 is 0 Å². The van der Waals surface area contributed by atoms with Gasteiger partial charge in [0.15, 0.2) is 0 Å². The van der Waals surface area contributed by atoms with Crippen molar-refractivity contribution in [1.29, 1.82) is 0 Å². The van der Waals surface area contributed by atoms with Crippen LogP contribution in [0.4, 0.5) is 4.79 Å². The number of hydrogen-bond acceptors (Lipinski definition) is 4. The molecule has 0 fully saturated rings. The summed E-state index contributed by atoms with van der Waals surface area (Å²) in [6.07, 6.45) is 0.0883. The topological polar surface area (TPSA) is 75.6 Å². The van der Waals surface area contributed by atoms with Crippen molar-refractivity contribution in [2.45, 2.75) is 12.0 Å². The van der Waals surface area contributed by atoms with Crippen molar-refractivity contribution < 1.29 is 18.8 Å². The molecule has 3 rings (SSSR count). The van der Waals surface area contributed by atoms with Gasteiger partial charge < -0.3 is 15.2 Å². The minimum absolute atomic E-state index is 0.00576. The number of ether oxygens (including phenoxy) is 1. The third-order valence-electron chi connectivity index (χ3n) is 4.25. The van der Waals surface area contributed by atoms with Crippen LogP contribution in [0.3, 0.4) is 0 Å². The van der Waals surface area contributed by atoms with Gasteiger partial charge in [0.2, 0.25) is 0 Å². The Labute approximate surface area is 149 Å². The Hall–Kier alpha value is -2.18. The van der Waals surface area contributed by atoms with Crippen LogP contribution in [0.1, 0.15) is 17.0 Å². The smallest absolute Gasteiger partial charge is 0.407 e. The Kier molecular flexibility index (Phi) is 5.50. The van der Waals surface area contributed by atoms with E-state index in [4.69, 9.17) is 4.74 Å². The van der Waals surface area contributed by atoms with Crippen molar-refractivity contribution >= 4 is 16.9 Å². The predicted molar refractivity (Wildman–Crippen MR) is 98.0 cm³/mol. The highest BCUT2D eigenvalue weighted by molar-refractivity contribution is 7.84. The average molecular weight is 359 g/mol. The Bertz CT molecular complexity index is 747. The maximum absolute atomic E-state index is 11.9. The molecule has 0 saturated carbocycles. The highest BCUT2D eigenvalue weighted by atomic mass is 32.2. The van der Waals surface area contributed by atoms with E-state index < -0.39 is 23.0 Å². The number of benzene rings is 2. The summed E-state index contributed by atoms with van der Waals surface area (Å²) in [6, 6.07) is 16.3. The van der Waals surface area contributed by atoms with Gasteiger partial charge in [-0.25, -0.2) is 4.79 Å². The molecule has 1 aliphatic carbocycles. The third kappa shape index (κ3) is 4.08. The molecule has 0 radical (unpaired) electrons. The summed E-state index contributed by atoms with van der Waals surface area (Å²) in [5.41, 5.74) is 4.65. The number of alkyl carbamates (subject to hydrolysis) is 1. The van der Waals surface area contributed by atoms with E-state index in [2.05, 4.69) is 29.6 Å². The van der Waals surface area contributed by atoms with Crippen LogP contribution < -0.4 is 5.32 Å². The van der Waals surface area contributed by atoms with Gasteiger partial charge in [-0.1, -0.05) is 48.5 Å². The number of aliphatic hydroxyl groups excluding tert-OH is 1. The molecule has 5 nitrogen and oxygen atoms in total. The monoisotopic (exact) mass is 359 g/mol. The first kappa shape index (κ1) is 17.6. The minimum Gasteiger partial charge on any atom is -0.449 e. The molecule has 1 amide bonds. The second-order valence-electron chi connectivity index (χ2n) is 6.10. The SMILES string of the molecule is CS(=O)CC(O)CNC(=O)OCC1c2ccccc2-c2ccccc21. The van der Waals surface area contributed by atoms with Crippen molar-refractivity contribution in [2.24, 2.45) is 0 Å². The minimum atomic E-state index is -1.11. The Morgan fingerprint density at radius 2 is 1.72 bits per heavy atom. The van der Waals surface area contributed by atoms with Gasteiger partial charge in [0.1, 0.15) is 6.61 Å². The Morgan fingerprint density at radius 1 is 1.16 bits per heavy atom. The quantitative estimate of drug-likeness (QED) is 0.830. The first-order valence-corrected chi connectivity index (χ1v) is 9.86. The molecule has 132 valence electrons. The predicted octanol–water partition coefficient (Wildman–Crippen LogP) is 2.26. The molecular weight excluding hydrogens is 338 g/mol. The summed E-state index contributed by atoms with van der Waals surface area (Å²) >= 11 is 0. The molecule has 2 aromatic carbocycles. The lowest BCUT2D eigenvalue weighted by Gasteiger charge is -2.15. The number of rotatable bonds is 6. The van der Waals surface area contributed by atoms with E-state index in [9.17, 15) is 14.1 Å². The summed E-state index contributed by atoms with van der Waals surface area (Å²) in [5, 5.41) is 12.2. The lowest BCUT2D eigenvalue weighted by Crippen LogP contribution is -2.35. The van der Waals surface area contributed by atoms with E-state index in [1.54, 1.807) is 0 Å². The molecule has 0 spiro atoms. The fourth-order valence-electron chi connectivity index (χ4n) is 3.18. The standard InChI is InChI=1S/C19H21NO4S/c1-25(23)12-13(21)10-20-19(22)24-11-18-16-8-4-2-6-14(16)15-7-3-5-9-17(15)18/h2-9,13,18,21H,10-12H2,1H3,(H,20,22). The number of fused-ring (bicyclic) bond motifs is 3. The fourth-order valence-corrected chi connectivity index (χ4v) is 3.84. The first-order valence-electron chi connectivity index (χ1n) is 8.13. The molecule has 0 bridgehead atoms. The van der Waals surface area contributed by atoms with Crippen molar-refractivity contribution in [3.05, 3.63) is 59.7 Å². The van der Waals surface area contributed by atoms with Gasteiger partial charge in [-0.05, 0) is 22.3 Å². The summed E-state index contributed by atoms with van der Waals surface area (Å²) < 4.78 is 16.4. The van der Waals surface area contributed by atoms with Gasteiger partial charge in [-0.3, -0.25) is 4.21 Å². The van der Waals surface area contributed by atoms with Crippen LogP contribution in [0.25, 0.3) is 11.1 Å². The Morgan fingerprint density at radius 3 is 2.28 bits per heavy atom. The maximum atomic E-state index is 11.9. The zero-order chi connectivity index (χ0) is 17.8. The zero-order valence-electron chi connectivity index (χ0n) is 14.0. The number of carbonyl (C=O) groups is 1. The molecule has 0 aromatic heterocycles. The average Bonchev–Trinajstić information content (AvgIpc) is 2.92. The number of carbonyl (C=O) groups excluding carboxylic acids is 1. The lowest BCUT2D eigenvalue weighted by molar-refractivity contribution is 0.133. The van der Waals surface area contributed by atoms with E-state index >= 15 is 0 Å². The summed E-state index contributed by atoms with van der Waals surface area (Å²) in [5.74, 6) is 0.134. The number of aliphatic hydroxyl groups is 1. The number of amides is 1. The summed E-state index contributed by atoms with van der Waals surface area (Å²) in [4.78, 5) is 11.9. The molecule has 2 N–H and O–H groups in total. The van der Waals surface area contributed by atoms with Gasteiger partial charge in [0, 0.05) is 29.5 Å². The second-order valence-corrected chi connectivity index (χ2v) is 7.58. The van der Waals surface area contributed by atoms with Crippen molar-refractivity contribution in [1.82, 2.24) is 5.32 Å². The largest absolute Gasteiger partial charge is 0.449 e. The third-order valence-corrected chi connectivity index (χ3v) is 5.11. The van der Waals surface area contributed by atoms with Gasteiger partial charge in [0.05, 0.1) is 11.9 Å². The van der Waals surface area contributed by atoms with Crippen LogP contribution in [0, 0.1) is 0 Å². The maximum Gasteiger partial charge on any atom is 0.407 e. The van der Waals surface area contributed by atoms with Crippen LogP contribution in [0.5, 0.6) is 0 Å². The molecule has 2 atom stereocenters. The van der Waals surface area contributed by atoms with Gasteiger partial charge in [-0.2, -0.15) is 0 Å². The van der Waals surface area contributed by atoms with E-state index in [0.717, 1.165) is 11.1 Å². The van der Waals surface area contributed by atoms with Gasteiger partial charge in [-0.15, -0.1) is 0 Å². The number of nitrogens with one attached hydrogen (secondary N) is 1. The Balaban J connectivity index is 1.62. The molecule has 0 heterocycles. The van der Waals surface area contributed by atoms with E-state index in [1.807, 2.05) is 24.3 Å². The highest BCUT2D eigenvalue weighted by Crippen LogP contribution is 2.44. The molecule has 2 unspecified atom stereocenters. The van der Waals surface area contributed by atoms with Gasteiger partial charge >= 0.3 is 6.09 Å². The molecule has 25 heavy (non-hydrogen) atoms.